The van der Waals surface area contributed by atoms with E-state index in [0.29, 0.717) is 70.9 Å². The molecule has 1 aliphatic carbocycles. The van der Waals surface area contributed by atoms with Crippen molar-refractivity contribution >= 4 is 6.03 Å². The van der Waals surface area contributed by atoms with Crippen molar-refractivity contribution in [3.63, 3.8) is 0 Å². The molecule has 11 heteroatoms. The number of piperidine rings is 1. The maximum atomic E-state index is 14.8. The van der Waals surface area contributed by atoms with Crippen molar-refractivity contribution in [2.45, 2.75) is 76.4 Å². The molecule has 6 nitrogen and oxygen atoms in total. The zero-order chi connectivity index (χ0) is 28.4. The zero-order valence-electron chi connectivity index (χ0n) is 22.9. The lowest BCUT2D eigenvalue weighted by molar-refractivity contribution is -0.0473. The normalized spacial score (nSPS) is 21.5. The highest BCUT2D eigenvalue weighted by Crippen LogP contribution is 2.38. The van der Waals surface area contributed by atoms with E-state index in [4.69, 9.17) is 9.47 Å². The van der Waals surface area contributed by atoms with Crippen LogP contribution in [0.15, 0.2) is 12.1 Å². The quantitative estimate of drug-likeness (QED) is 0.181. The van der Waals surface area contributed by atoms with E-state index in [-0.39, 0.29) is 55.5 Å². The van der Waals surface area contributed by atoms with E-state index < -0.39 is 29.5 Å². The number of urea groups is 1. The fourth-order valence-electron chi connectivity index (χ4n) is 5.66. The van der Waals surface area contributed by atoms with Gasteiger partial charge in [0.15, 0.2) is 11.6 Å². The molecule has 0 aromatic heterocycles. The van der Waals surface area contributed by atoms with Crippen LogP contribution in [-0.4, -0.2) is 69.4 Å². The summed E-state index contributed by atoms with van der Waals surface area (Å²) in [5.41, 5.74) is -0.196. The Morgan fingerprint density at radius 2 is 1.90 bits per heavy atom. The summed E-state index contributed by atoms with van der Waals surface area (Å²) in [5, 5.41) is 6.10. The van der Waals surface area contributed by atoms with Crippen molar-refractivity contribution in [2.75, 3.05) is 46.5 Å². The number of ether oxygens (including phenoxy) is 2. The molecule has 2 fully saturated rings. The number of hydrogen-bond acceptors (Lipinski definition) is 4. The molecule has 1 saturated carbocycles. The predicted octanol–water partition coefficient (Wildman–Crippen LogP) is 5.81. The highest BCUT2D eigenvalue weighted by molar-refractivity contribution is 5.74. The largest absolute Gasteiger partial charge is 0.382 e. The van der Waals surface area contributed by atoms with Crippen molar-refractivity contribution in [2.24, 2.45) is 11.8 Å². The van der Waals surface area contributed by atoms with Gasteiger partial charge in [0.25, 0.3) is 0 Å². The van der Waals surface area contributed by atoms with Gasteiger partial charge in [0.2, 0.25) is 5.92 Å². The number of benzene rings is 1. The average Bonchev–Trinajstić information content (AvgIpc) is 2.90. The molecular formula is C28H42F5N3O3. The molecular weight excluding hydrogens is 521 g/mol. The number of nitrogens with zero attached hydrogens (tertiary/aromatic N) is 1. The molecule has 1 aromatic rings. The molecule has 222 valence electrons. The number of alkyl halides is 2. The summed E-state index contributed by atoms with van der Waals surface area (Å²) in [5.74, 6) is -6.21. The SMILES string of the molecule is CCOCCCO[C@@H](c1cc(F)cc(F)c1F)[C@@H]1CCCN(C(=O)N[C@H](CNC)CC2CCC(F)(F)CC2)C1. The van der Waals surface area contributed by atoms with Crippen LogP contribution in [0.25, 0.3) is 0 Å². The van der Waals surface area contributed by atoms with Crippen molar-refractivity contribution in [3.05, 3.63) is 35.1 Å². The number of carbonyl (C=O) groups is 1. The average molecular weight is 564 g/mol. The van der Waals surface area contributed by atoms with Gasteiger partial charge in [-0.05, 0) is 64.5 Å². The summed E-state index contributed by atoms with van der Waals surface area (Å²) in [4.78, 5) is 14.9. The number of likely N-dealkylation sites (tertiary alicyclic amines) is 1. The Hall–Kier alpha value is -1.98. The predicted molar refractivity (Wildman–Crippen MR) is 138 cm³/mol. The van der Waals surface area contributed by atoms with Crippen LogP contribution in [0.2, 0.25) is 0 Å². The minimum Gasteiger partial charge on any atom is -0.382 e. The highest BCUT2D eigenvalue weighted by atomic mass is 19.3. The van der Waals surface area contributed by atoms with Crippen LogP contribution in [-0.2, 0) is 9.47 Å². The fraction of sp³-hybridized carbons (Fsp3) is 0.750. The topological polar surface area (TPSA) is 62.8 Å². The third-order valence-electron chi connectivity index (χ3n) is 7.67. The van der Waals surface area contributed by atoms with Gasteiger partial charge in [-0.25, -0.2) is 26.7 Å². The summed E-state index contributed by atoms with van der Waals surface area (Å²) in [7, 11) is 1.77. The molecule has 0 unspecified atom stereocenters. The summed E-state index contributed by atoms with van der Waals surface area (Å²) in [6.07, 6.45) is 1.98. The van der Waals surface area contributed by atoms with Crippen LogP contribution >= 0.6 is 0 Å². The lowest BCUT2D eigenvalue weighted by Gasteiger charge is -2.38. The van der Waals surface area contributed by atoms with E-state index in [2.05, 4.69) is 10.6 Å². The molecule has 0 bridgehead atoms. The van der Waals surface area contributed by atoms with Gasteiger partial charge in [0.1, 0.15) is 5.82 Å². The first kappa shape index (κ1) is 31.5. The Kier molecular flexibility index (Phi) is 12.2. The van der Waals surface area contributed by atoms with Crippen molar-refractivity contribution in [3.8, 4) is 0 Å². The van der Waals surface area contributed by atoms with Gasteiger partial charge in [0, 0.05) is 75.9 Å². The Labute approximate surface area is 228 Å². The van der Waals surface area contributed by atoms with Crippen molar-refractivity contribution in [1.29, 1.82) is 0 Å². The second kappa shape index (κ2) is 15.1. The monoisotopic (exact) mass is 563 g/mol. The van der Waals surface area contributed by atoms with E-state index in [1.807, 2.05) is 6.92 Å². The number of amides is 2. The Bertz CT molecular complexity index is 913. The van der Waals surface area contributed by atoms with Crippen LogP contribution < -0.4 is 10.6 Å². The Morgan fingerprint density at radius 1 is 1.15 bits per heavy atom. The Balaban J connectivity index is 1.67. The summed E-state index contributed by atoms with van der Waals surface area (Å²) < 4.78 is 81.4. The first-order chi connectivity index (χ1) is 18.6. The maximum absolute atomic E-state index is 14.8. The summed E-state index contributed by atoms with van der Waals surface area (Å²) in [6.45, 7) is 4.24. The lowest BCUT2D eigenvalue weighted by Crippen LogP contribution is -2.52. The Morgan fingerprint density at radius 3 is 2.59 bits per heavy atom. The molecule has 0 radical (unpaired) electrons. The van der Waals surface area contributed by atoms with Gasteiger partial charge < -0.3 is 25.0 Å². The molecule has 1 aromatic carbocycles. The van der Waals surface area contributed by atoms with E-state index >= 15 is 0 Å². The number of halogens is 5. The van der Waals surface area contributed by atoms with Crippen LogP contribution in [0.4, 0.5) is 26.7 Å². The number of nitrogens with one attached hydrogen (secondary N) is 2. The molecule has 39 heavy (non-hydrogen) atoms. The summed E-state index contributed by atoms with van der Waals surface area (Å²) in [6, 6.07) is 0.921. The molecule has 3 rings (SSSR count). The van der Waals surface area contributed by atoms with Crippen LogP contribution in [0, 0.1) is 29.3 Å². The number of rotatable bonds is 13. The van der Waals surface area contributed by atoms with Gasteiger partial charge >= 0.3 is 6.03 Å². The third kappa shape index (κ3) is 9.56. The fourth-order valence-corrected chi connectivity index (χ4v) is 5.66. The van der Waals surface area contributed by atoms with Gasteiger partial charge in [-0.2, -0.15) is 0 Å². The van der Waals surface area contributed by atoms with Gasteiger partial charge in [-0.15, -0.1) is 0 Å². The van der Waals surface area contributed by atoms with Crippen LogP contribution in [0.5, 0.6) is 0 Å². The molecule has 0 spiro atoms. The molecule has 1 aliphatic heterocycles. The number of hydrogen-bond donors (Lipinski definition) is 2. The lowest BCUT2D eigenvalue weighted by atomic mass is 9.83. The van der Waals surface area contributed by atoms with Crippen LogP contribution in [0.1, 0.15) is 70.0 Å². The minimum absolute atomic E-state index is 0.109. The van der Waals surface area contributed by atoms with Gasteiger partial charge in [0.05, 0.1) is 6.10 Å². The van der Waals surface area contributed by atoms with Crippen molar-refractivity contribution < 1.29 is 36.2 Å². The molecule has 3 atom stereocenters. The first-order valence-electron chi connectivity index (χ1n) is 14.0. The maximum Gasteiger partial charge on any atom is 0.317 e. The highest BCUT2D eigenvalue weighted by Gasteiger charge is 2.37. The first-order valence-corrected chi connectivity index (χ1v) is 14.0. The second-order valence-electron chi connectivity index (χ2n) is 10.7. The van der Waals surface area contributed by atoms with E-state index in [1.165, 1.54) is 0 Å². The minimum atomic E-state index is -2.60. The van der Waals surface area contributed by atoms with E-state index in [1.54, 1.807) is 11.9 Å². The number of likely N-dealkylation sites (N-methyl/N-ethyl adjacent to an activating group) is 1. The standard InChI is InChI=1S/C28H42F5N3O3/c1-3-38-12-5-13-39-26(23-15-21(29)16-24(30)25(23)31)20-6-4-11-36(18-20)27(37)35-22(17-34-2)14-19-7-9-28(32,33)10-8-19/h15-16,19-20,22,26,34H,3-14,17-18H2,1-2H3,(H,35,37)/t20-,22+,26-/m1/s1. The van der Waals surface area contributed by atoms with Gasteiger partial charge in [-0.3, -0.25) is 0 Å². The van der Waals surface area contributed by atoms with E-state index in [0.717, 1.165) is 6.07 Å². The zero-order valence-corrected chi connectivity index (χ0v) is 22.9. The second-order valence-corrected chi connectivity index (χ2v) is 10.7. The van der Waals surface area contributed by atoms with Crippen LogP contribution in [0.3, 0.4) is 0 Å². The van der Waals surface area contributed by atoms with E-state index in [9.17, 15) is 26.7 Å². The molecule has 2 amide bonds. The smallest absolute Gasteiger partial charge is 0.317 e. The molecule has 2 aliphatic rings. The number of carbonyl (C=O) groups excluding carboxylic acids is 1. The van der Waals surface area contributed by atoms with Crippen molar-refractivity contribution in [1.82, 2.24) is 15.5 Å². The third-order valence-corrected chi connectivity index (χ3v) is 7.67. The molecule has 1 saturated heterocycles. The molecule has 1 heterocycles. The van der Waals surface area contributed by atoms with Gasteiger partial charge in [-0.1, -0.05) is 0 Å². The summed E-state index contributed by atoms with van der Waals surface area (Å²) >= 11 is 0. The molecule has 2 N–H and O–H groups in total.